The van der Waals surface area contributed by atoms with Gasteiger partial charge in [0, 0.05) is 25.1 Å². The van der Waals surface area contributed by atoms with Crippen molar-refractivity contribution in [2.24, 2.45) is 0 Å². The molecule has 1 N–H and O–H groups in total. The Morgan fingerprint density at radius 2 is 1.89 bits per heavy atom. The molecular formula is C20H13F2N3O3. The summed E-state index contributed by atoms with van der Waals surface area (Å²) in [6.45, 7) is 0.0343. The Bertz CT molecular complexity index is 1260. The van der Waals surface area contributed by atoms with Gasteiger partial charge in [-0.15, -0.1) is 0 Å². The summed E-state index contributed by atoms with van der Waals surface area (Å²) < 4.78 is 31.6. The molecule has 0 aliphatic heterocycles. The van der Waals surface area contributed by atoms with Gasteiger partial charge in [-0.1, -0.05) is 12.1 Å². The number of hydrogen-bond acceptors (Lipinski definition) is 3. The minimum absolute atomic E-state index is 0.0343. The molecule has 8 heteroatoms. The van der Waals surface area contributed by atoms with E-state index in [9.17, 15) is 23.5 Å². The van der Waals surface area contributed by atoms with Crippen LogP contribution in [0.4, 0.5) is 8.78 Å². The molecule has 0 saturated heterocycles. The summed E-state index contributed by atoms with van der Waals surface area (Å²) in [5.74, 6) is -3.29. The topological polar surface area (TPSA) is 77.1 Å². The van der Waals surface area contributed by atoms with E-state index in [0.717, 1.165) is 24.0 Å². The van der Waals surface area contributed by atoms with Gasteiger partial charge in [0.15, 0.2) is 0 Å². The van der Waals surface area contributed by atoms with Crippen LogP contribution in [-0.4, -0.2) is 25.4 Å². The summed E-state index contributed by atoms with van der Waals surface area (Å²) in [7, 11) is 0. The fraction of sp³-hybridized carbons (Fsp3) is 0.0500. The van der Waals surface area contributed by atoms with Crippen LogP contribution in [-0.2, 0) is 6.54 Å². The number of fused-ring (bicyclic) bond motifs is 1. The van der Waals surface area contributed by atoms with Crippen LogP contribution in [0, 0.1) is 11.6 Å². The van der Waals surface area contributed by atoms with Gasteiger partial charge in [0.1, 0.15) is 17.2 Å². The van der Waals surface area contributed by atoms with E-state index in [4.69, 9.17) is 0 Å². The van der Waals surface area contributed by atoms with E-state index in [1.165, 1.54) is 4.57 Å². The van der Waals surface area contributed by atoms with E-state index >= 15 is 0 Å². The first kappa shape index (κ1) is 17.6. The van der Waals surface area contributed by atoms with Crippen LogP contribution < -0.4 is 5.43 Å². The maximum absolute atomic E-state index is 14.5. The molecular weight excluding hydrogens is 368 g/mol. The first-order valence-electron chi connectivity index (χ1n) is 8.29. The number of aromatic nitrogens is 3. The molecule has 0 amide bonds. The Balaban J connectivity index is 1.91. The van der Waals surface area contributed by atoms with Gasteiger partial charge in [0.05, 0.1) is 16.6 Å². The largest absolute Gasteiger partial charge is 0.477 e. The summed E-state index contributed by atoms with van der Waals surface area (Å²) in [6.07, 6.45) is 4.42. The maximum Gasteiger partial charge on any atom is 0.341 e. The van der Waals surface area contributed by atoms with Crippen molar-refractivity contribution in [1.82, 2.24) is 14.3 Å². The minimum Gasteiger partial charge on any atom is -0.477 e. The normalized spacial score (nSPS) is 11.1. The monoisotopic (exact) mass is 381 g/mol. The number of benzene rings is 2. The van der Waals surface area contributed by atoms with Gasteiger partial charge >= 0.3 is 5.97 Å². The fourth-order valence-electron chi connectivity index (χ4n) is 3.14. The number of pyridine rings is 1. The zero-order valence-electron chi connectivity index (χ0n) is 14.3. The Labute approximate surface area is 156 Å². The summed E-state index contributed by atoms with van der Waals surface area (Å²) in [4.78, 5) is 23.8. The van der Waals surface area contributed by atoms with Gasteiger partial charge < -0.3 is 9.67 Å². The summed E-state index contributed by atoms with van der Waals surface area (Å²) in [6, 6.07) is 10.6. The number of carboxylic acids is 1. The van der Waals surface area contributed by atoms with Crippen LogP contribution in [0.2, 0.25) is 0 Å². The van der Waals surface area contributed by atoms with Gasteiger partial charge in [0.2, 0.25) is 5.43 Å². The van der Waals surface area contributed by atoms with Crippen molar-refractivity contribution < 1.29 is 18.7 Å². The first-order chi connectivity index (χ1) is 13.5. The molecule has 0 bridgehead atoms. The molecule has 6 nitrogen and oxygen atoms in total. The van der Waals surface area contributed by atoms with Crippen LogP contribution in [0.1, 0.15) is 15.9 Å². The highest BCUT2D eigenvalue weighted by molar-refractivity contribution is 5.93. The lowest BCUT2D eigenvalue weighted by atomic mass is 10.1. The molecule has 140 valence electrons. The van der Waals surface area contributed by atoms with Crippen molar-refractivity contribution in [3.8, 4) is 5.69 Å². The molecule has 2 heterocycles. The molecule has 0 fully saturated rings. The van der Waals surface area contributed by atoms with Gasteiger partial charge in [-0.05, 0) is 35.9 Å². The number of rotatable bonds is 4. The molecule has 4 aromatic rings. The third-order valence-corrected chi connectivity index (χ3v) is 4.38. The van der Waals surface area contributed by atoms with Gasteiger partial charge in [-0.25, -0.2) is 18.3 Å². The lowest BCUT2D eigenvalue weighted by molar-refractivity contribution is 0.0695. The van der Waals surface area contributed by atoms with E-state index in [0.29, 0.717) is 5.56 Å². The van der Waals surface area contributed by atoms with E-state index in [2.05, 4.69) is 5.10 Å². The summed E-state index contributed by atoms with van der Waals surface area (Å²) >= 11 is 0. The zero-order valence-corrected chi connectivity index (χ0v) is 14.3. The average Bonchev–Trinajstić information content (AvgIpc) is 3.21. The predicted molar refractivity (Wildman–Crippen MR) is 97.7 cm³/mol. The van der Waals surface area contributed by atoms with Gasteiger partial charge in [-0.3, -0.25) is 4.79 Å². The molecule has 0 atom stereocenters. The van der Waals surface area contributed by atoms with Crippen LogP contribution in [0.3, 0.4) is 0 Å². The van der Waals surface area contributed by atoms with E-state index < -0.39 is 34.0 Å². The highest BCUT2D eigenvalue weighted by Gasteiger charge is 2.20. The molecule has 0 unspecified atom stereocenters. The minimum atomic E-state index is -1.50. The lowest BCUT2D eigenvalue weighted by Gasteiger charge is -2.14. The molecule has 0 saturated carbocycles. The number of nitrogens with zero attached hydrogens (tertiary/aromatic N) is 3. The number of carboxylic acid groups (broad SMARTS) is 1. The Morgan fingerprint density at radius 1 is 1.11 bits per heavy atom. The molecule has 28 heavy (non-hydrogen) atoms. The summed E-state index contributed by atoms with van der Waals surface area (Å²) in [5.41, 5.74) is -0.517. The third kappa shape index (κ3) is 2.94. The van der Waals surface area contributed by atoms with Crippen molar-refractivity contribution in [3.05, 3.63) is 94.0 Å². The Kier molecular flexibility index (Phi) is 4.23. The second-order valence-corrected chi connectivity index (χ2v) is 6.18. The molecule has 2 aromatic heterocycles. The molecule has 0 aliphatic carbocycles. The second kappa shape index (κ2) is 6.73. The average molecular weight is 381 g/mol. The highest BCUT2D eigenvalue weighted by Crippen LogP contribution is 2.21. The van der Waals surface area contributed by atoms with Crippen molar-refractivity contribution in [3.63, 3.8) is 0 Å². The zero-order chi connectivity index (χ0) is 19.8. The second-order valence-electron chi connectivity index (χ2n) is 6.18. The fourth-order valence-corrected chi connectivity index (χ4v) is 3.14. The summed E-state index contributed by atoms with van der Waals surface area (Å²) in [5, 5.41) is 12.9. The molecule has 2 aromatic carbocycles. The number of aromatic carboxylic acids is 1. The molecule has 0 radical (unpaired) electrons. The number of halogens is 2. The van der Waals surface area contributed by atoms with Gasteiger partial charge in [0.25, 0.3) is 0 Å². The highest BCUT2D eigenvalue weighted by atomic mass is 19.1. The van der Waals surface area contributed by atoms with Crippen LogP contribution in [0.15, 0.2) is 65.8 Å². The SMILES string of the molecule is O=C(O)c1cn(Cc2cccc(-n3cccn3)c2)c2c(F)ccc(F)c2c1=O. The van der Waals surface area contributed by atoms with Crippen LogP contribution in [0.5, 0.6) is 0 Å². The van der Waals surface area contributed by atoms with Crippen molar-refractivity contribution >= 4 is 16.9 Å². The lowest BCUT2D eigenvalue weighted by Crippen LogP contribution is -2.21. The molecule has 0 spiro atoms. The third-order valence-electron chi connectivity index (χ3n) is 4.38. The van der Waals surface area contributed by atoms with Crippen molar-refractivity contribution in [2.75, 3.05) is 0 Å². The Morgan fingerprint density at radius 3 is 2.61 bits per heavy atom. The number of hydrogen-bond donors (Lipinski definition) is 1. The van der Waals surface area contributed by atoms with E-state index in [1.54, 1.807) is 41.3 Å². The standard InChI is InChI=1S/C20H13F2N3O3/c21-15-5-6-16(22)18-17(15)19(26)14(20(27)28)11-24(18)10-12-3-1-4-13(9-12)25-8-2-7-23-25/h1-9,11H,10H2,(H,27,28). The van der Waals surface area contributed by atoms with Crippen molar-refractivity contribution in [2.45, 2.75) is 6.54 Å². The van der Waals surface area contributed by atoms with Crippen molar-refractivity contribution in [1.29, 1.82) is 0 Å². The first-order valence-corrected chi connectivity index (χ1v) is 8.29. The van der Waals surface area contributed by atoms with Gasteiger partial charge in [-0.2, -0.15) is 5.10 Å². The maximum atomic E-state index is 14.5. The van der Waals surface area contributed by atoms with E-state index in [-0.39, 0.29) is 12.1 Å². The predicted octanol–water partition coefficient (Wildman–Crippen LogP) is 3.21. The smallest absolute Gasteiger partial charge is 0.341 e. The van der Waals surface area contributed by atoms with Crippen LogP contribution >= 0.6 is 0 Å². The van der Waals surface area contributed by atoms with E-state index in [1.807, 2.05) is 6.07 Å². The quantitative estimate of drug-likeness (QED) is 0.589. The molecule has 0 aliphatic rings. The van der Waals surface area contributed by atoms with Crippen LogP contribution in [0.25, 0.3) is 16.6 Å². The number of carbonyl (C=O) groups is 1. The molecule has 4 rings (SSSR count). The Hall–Kier alpha value is -3.81.